The molecular weight excluding hydrogens is 270 g/mol. The molecule has 0 saturated heterocycles. The van der Waals surface area contributed by atoms with Crippen LogP contribution in [0.5, 0.6) is 11.6 Å². The molecule has 106 valence electrons. The number of ether oxygens (including phenoxy) is 1. The Bertz CT molecular complexity index is 763. The lowest BCUT2D eigenvalue weighted by Gasteiger charge is -2.09. The van der Waals surface area contributed by atoms with Gasteiger partial charge in [0.05, 0.1) is 4.92 Å². The maximum atomic E-state index is 10.8. The van der Waals surface area contributed by atoms with E-state index in [9.17, 15) is 15.4 Å². The molecule has 0 aliphatic carbocycles. The Kier molecular flexibility index (Phi) is 3.85. The number of aryl methyl sites for hydroxylation is 3. The van der Waals surface area contributed by atoms with Crippen molar-refractivity contribution in [1.82, 2.24) is 4.98 Å². The van der Waals surface area contributed by atoms with Gasteiger partial charge < -0.3 is 4.74 Å². The summed E-state index contributed by atoms with van der Waals surface area (Å²) in [5, 5.41) is 20.0. The van der Waals surface area contributed by atoms with E-state index in [1.807, 2.05) is 6.92 Å². The number of rotatable bonds is 3. The van der Waals surface area contributed by atoms with Crippen LogP contribution in [-0.2, 0) is 0 Å². The second-order valence-corrected chi connectivity index (χ2v) is 4.68. The van der Waals surface area contributed by atoms with E-state index in [0.29, 0.717) is 16.9 Å². The lowest BCUT2D eigenvalue weighted by atomic mass is 10.1. The van der Waals surface area contributed by atoms with Crippen LogP contribution in [-0.4, -0.2) is 9.91 Å². The van der Waals surface area contributed by atoms with E-state index in [1.54, 1.807) is 26.0 Å². The average molecular weight is 283 g/mol. The smallest absolute Gasteiger partial charge is 0.272 e. The zero-order valence-corrected chi connectivity index (χ0v) is 11.9. The third-order valence-electron chi connectivity index (χ3n) is 3.00. The fourth-order valence-corrected chi connectivity index (χ4v) is 2.02. The molecule has 21 heavy (non-hydrogen) atoms. The van der Waals surface area contributed by atoms with Gasteiger partial charge in [0.1, 0.15) is 17.4 Å². The predicted molar refractivity (Wildman–Crippen MR) is 76.3 cm³/mol. The fraction of sp³-hybridized carbons (Fsp3) is 0.200. The number of benzene rings is 1. The highest BCUT2D eigenvalue weighted by atomic mass is 16.6. The highest BCUT2D eigenvalue weighted by Gasteiger charge is 2.14. The molecule has 0 fully saturated rings. The van der Waals surface area contributed by atoms with Gasteiger partial charge in [-0.25, -0.2) is 4.98 Å². The molecule has 2 aromatic rings. The Balaban J connectivity index is 2.42. The molecule has 0 saturated carbocycles. The molecule has 1 aromatic carbocycles. The van der Waals surface area contributed by atoms with Crippen molar-refractivity contribution in [3.8, 4) is 17.7 Å². The summed E-state index contributed by atoms with van der Waals surface area (Å²) in [6.45, 7) is 5.24. The van der Waals surface area contributed by atoms with Crippen LogP contribution in [0.15, 0.2) is 24.3 Å². The molecule has 6 nitrogen and oxygen atoms in total. The van der Waals surface area contributed by atoms with Crippen molar-refractivity contribution in [3.05, 3.63) is 56.8 Å². The average Bonchev–Trinajstić information content (AvgIpc) is 2.37. The zero-order chi connectivity index (χ0) is 15.6. The van der Waals surface area contributed by atoms with E-state index >= 15 is 0 Å². The Morgan fingerprint density at radius 2 is 1.95 bits per heavy atom. The first kappa shape index (κ1) is 14.5. The highest BCUT2D eigenvalue weighted by molar-refractivity contribution is 5.49. The Morgan fingerprint density at radius 1 is 1.24 bits per heavy atom. The molecule has 0 bridgehead atoms. The lowest BCUT2D eigenvalue weighted by Crippen LogP contribution is -1.98. The van der Waals surface area contributed by atoms with Gasteiger partial charge in [0, 0.05) is 17.3 Å². The van der Waals surface area contributed by atoms with Gasteiger partial charge in [-0.05, 0) is 44.5 Å². The second kappa shape index (κ2) is 5.59. The van der Waals surface area contributed by atoms with Crippen molar-refractivity contribution in [1.29, 1.82) is 5.26 Å². The van der Waals surface area contributed by atoms with Crippen LogP contribution in [0.2, 0.25) is 0 Å². The van der Waals surface area contributed by atoms with E-state index in [4.69, 9.17) is 4.74 Å². The number of nitro benzene ring substituents is 1. The maximum Gasteiger partial charge on any atom is 0.272 e. The normalized spacial score (nSPS) is 10.0. The molecule has 0 aliphatic rings. The summed E-state index contributed by atoms with van der Waals surface area (Å²) in [5.41, 5.74) is 2.38. The minimum absolute atomic E-state index is 0.0243. The molecule has 0 aliphatic heterocycles. The molecular formula is C15H13N3O3. The molecule has 0 spiro atoms. The van der Waals surface area contributed by atoms with Crippen molar-refractivity contribution in [2.24, 2.45) is 0 Å². The molecule has 6 heteroatoms. The predicted octanol–water partition coefficient (Wildman–Crippen LogP) is 3.58. The van der Waals surface area contributed by atoms with Gasteiger partial charge in [-0.15, -0.1) is 0 Å². The number of nitriles is 1. The molecule has 0 amide bonds. The topological polar surface area (TPSA) is 89.0 Å². The van der Waals surface area contributed by atoms with Crippen LogP contribution in [0.1, 0.15) is 22.4 Å². The summed E-state index contributed by atoms with van der Waals surface area (Å²) in [4.78, 5) is 14.5. The first-order chi connectivity index (χ1) is 9.92. The molecule has 1 aromatic heterocycles. The number of hydrogen-bond acceptors (Lipinski definition) is 5. The summed E-state index contributed by atoms with van der Waals surface area (Å²) in [6, 6.07) is 8.28. The van der Waals surface area contributed by atoms with Crippen LogP contribution in [0.25, 0.3) is 0 Å². The summed E-state index contributed by atoms with van der Waals surface area (Å²) < 4.78 is 5.62. The van der Waals surface area contributed by atoms with E-state index in [0.717, 1.165) is 11.3 Å². The van der Waals surface area contributed by atoms with Gasteiger partial charge in [0.25, 0.3) is 5.69 Å². The van der Waals surface area contributed by atoms with Gasteiger partial charge in [0.2, 0.25) is 5.88 Å². The summed E-state index contributed by atoms with van der Waals surface area (Å²) >= 11 is 0. The lowest BCUT2D eigenvalue weighted by molar-refractivity contribution is -0.385. The van der Waals surface area contributed by atoms with Crippen LogP contribution in [0, 0.1) is 42.2 Å². The van der Waals surface area contributed by atoms with Crippen molar-refractivity contribution in [2.45, 2.75) is 20.8 Å². The van der Waals surface area contributed by atoms with Crippen molar-refractivity contribution in [3.63, 3.8) is 0 Å². The summed E-state index contributed by atoms with van der Waals surface area (Å²) in [6.07, 6.45) is 0. The Hall–Kier alpha value is -2.94. The van der Waals surface area contributed by atoms with Crippen LogP contribution < -0.4 is 4.74 Å². The Morgan fingerprint density at radius 3 is 2.52 bits per heavy atom. The molecule has 1 heterocycles. The maximum absolute atomic E-state index is 10.8. The van der Waals surface area contributed by atoms with E-state index in [1.165, 1.54) is 12.1 Å². The third kappa shape index (κ3) is 2.98. The summed E-state index contributed by atoms with van der Waals surface area (Å²) in [7, 11) is 0. The molecule has 0 N–H and O–H groups in total. The molecule has 2 rings (SSSR count). The molecule has 0 radical (unpaired) electrons. The number of nitro groups is 1. The minimum Gasteiger partial charge on any atom is -0.438 e. The van der Waals surface area contributed by atoms with Gasteiger partial charge in [-0.1, -0.05) is 0 Å². The highest BCUT2D eigenvalue weighted by Crippen LogP contribution is 2.29. The van der Waals surface area contributed by atoms with E-state index < -0.39 is 4.92 Å². The molecule has 0 unspecified atom stereocenters. The fourth-order valence-electron chi connectivity index (χ4n) is 2.02. The minimum atomic E-state index is -0.450. The van der Waals surface area contributed by atoms with Gasteiger partial charge in [-0.2, -0.15) is 5.26 Å². The van der Waals surface area contributed by atoms with Gasteiger partial charge >= 0.3 is 0 Å². The van der Waals surface area contributed by atoms with E-state index in [2.05, 4.69) is 11.1 Å². The van der Waals surface area contributed by atoms with Crippen LogP contribution >= 0.6 is 0 Å². The van der Waals surface area contributed by atoms with Gasteiger partial charge in [-0.3, -0.25) is 10.1 Å². The standard InChI is InChI=1S/C15H13N3O3/c1-9-6-11(3)17-15(13(9)8-16)21-12-4-5-14(18(19)20)10(2)7-12/h4-7H,1-3H3. The number of hydrogen-bond donors (Lipinski definition) is 0. The van der Waals surface area contributed by atoms with Crippen molar-refractivity contribution >= 4 is 5.69 Å². The van der Waals surface area contributed by atoms with Gasteiger partial charge in [0.15, 0.2) is 0 Å². The number of aromatic nitrogens is 1. The number of nitrogens with zero attached hydrogens (tertiary/aromatic N) is 3. The van der Waals surface area contributed by atoms with E-state index in [-0.39, 0.29) is 11.6 Å². The first-order valence-corrected chi connectivity index (χ1v) is 6.23. The van der Waals surface area contributed by atoms with Crippen molar-refractivity contribution in [2.75, 3.05) is 0 Å². The van der Waals surface area contributed by atoms with Crippen LogP contribution in [0.4, 0.5) is 5.69 Å². The number of pyridine rings is 1. The van der Waals surface area contributed by atoms with Crippen LogP contribution in [0.3, 0.4) is 0 Å². The summed E-state index contributed by atoms with van der Waals surface area (Å²) in [5.74, 6) is 0.621. The quantitative estimate of drug-likeness (QED) is 0.634. The second-order valence-electron chi connectivity index (χ2n) is 4.68. The Labute approximate surface area is 121 Å². The SMILES string of the molecule is Cc1cc(C)c(C#N)c(Oc2ccc([N+](=O)[O-])c(C)c2)n1. The first-order valence-electron chi connectivity index (χ1n) is 6.23. The van der Waals surface area contributed by atoms with Crippen molar-refractivity contribution < 1.29 is 9.66 Å². The third-order valence-corrected chi connectivity index (χ3v) is 3.00. The largest absolute Gasteiger partial charge is 0.438 e. The monoisotopic (exact) mass is 283 g/mol. The zero-order valence-electron chi connectivity index (χ0n) is 11.9. The molecule has 0 atom stereocenters.